The van der Waals surface area contributed by atoms with Gasteiger partial charge in [-0.15, -0.1) is 0 Å². The molecule has 1 saturated heterocycles. The van der Waals surface area contributed by atoms with Gasteiger partial charge >= 0.3 is 0 Å². The lowest BCUT2D eigenvalue weighted by Crippen LogP contribution is -2.54. The summed E-state index contributed by atoms with van der Waals surface area (Å²) in [7, 11) is -2.03. The lowest BCUT2D eigenvalue weighted by Gasteiger charge is -2.46. The third kappa shape index (κ3) is 2.50. The third-order valence-corrected chi connectivity index (χ3v) is 7.17. The molecule has 0 spiro atoms. The van der Waals surface area contributed by atoms with Crippen molar-refractivity contribution in [2.24, 2.45) is 13.0 Å². The Hall–Kier alpha value is -0.630. The van der Waals surface area contributed by atoms with Gasteiger partial charge in [0.15, 0.2) is 0 Å². The molecule has 1 aliphatic carbocycles. The smallest absolute Gasteiger partial charge is 0.263 e. The molecule has 0 bridgehead atoms. The number of nitrogens with zero attached hydrogens (tertiary/aromatic N) is 3. The number of hydrogen-bond donors (Lipinski definition) is 1. The Morgan fingerprint density at radius 3 is 2.86 bits per heavy atom. The van der Waals surface area contributed by atoms with Crippen LogP contribution in [0.25, 0.3) is 0 Å². The number of aromatic nitrogens is 2. The predicted molar refractivity (Wildman–Crippen MR) is 78.5 cm³/mol. The van der Waals surface area contributed by atoms with Crippen LogP contribution in [-0.2, 0) is 17.1 Å². The molecular weight excluding hydrogens is 314 g/mol. The van der Waals surface area contributed by atoms with Gasteiger partial charge in [-0.05, 0) is 19.3 Å². The maximum Gasteiger partial charge on any atom is 0.263 e. The molecule has 118 valence electrons. The van der Waals surface area contributed by atoms with E-state index < -0.39 is 15.6 Å². The van der Waals surface area contributed by atoms with Gasteiger partial charge in [-0.2, -0.15) is 4.31 Å². The number of hydrogen-bond acceptors (Lipinski definition) is 4. The minimum absolute atomic E-state index is 0.0114. The molecule has 2 fully saturated rings. The van der Waals surface area contributed by atoms with Crippen molar-refractivity contribution in [3.63, 3.8) is 0 Å². The van der Waals surface area contributed by atoms with E-state index in [9.17, 15) is 13.5 Å². The van der Waals surface area contributed by atoms with Crippen molar-refractivity contribution in [1.29, 1.82) is 0 Å². The molecule has 1 aromatic rings. The van der Waals surface area contributed by atoms with E-state index in [1.54, 1.807) is 7.05 Å². The van der Waals surface area contributed by atoms with Crippen molar-refractivity contribution >= 4 is 21.6 Å². The molecule has 2 aliphatic rings. The van der Waals surface area contributed by atoms with Gasteiger partial charge in [0, 0.05) is 26.1 Å². The normalized spacial score (nSPS) is 31.1. The average Bonchev–Trinajstić information content (AvgIpc) is 2.78. The summed E-state index contributed by atoms with van der Waals surface area (Å²) in [6.45, 7) is 0.675. The lowest BCUT2D eigenvalue weighted by molar-refractivity contribution is -0.0816. The Morgan fingerprint density at radius 1 is 1.43 bits per heavy atom. The van der Waals surface area contributed by atoms with Crippen LogP contribution in [-0.4, -0.2) is 46.1 Å². The fourth-order valence-electron chi connectivity index (χ4n) is 3.45. The second-order valence-electron chi connectivity index (χ2n) is 6.11. The first kappa shape index (κ1) is 15.3. The number of halogens is 1. The fraction of sp³-hybridized carbons (Fsp3) is 0.769. The summed E-state index contributed by atoms with van der Waals surface area (Å²) >= 11 is 6.02. The summed E-state index contributed by atoms with van der Waals surface area (Å²) in [5, 5.41) is 10.7. The van der Waals surface area contributed by atoms with Crippen LogP contribution in [0.15, 0.2) is 11.4 Å². The van der Waals surface area contributed by atoms with E-state index in [1.807, 2.05) is 0 Å². The number of aliphatic hydroxyl groups is 1. The average molecular weight is 334 g/mol. The summed E-state index contributed by atoms with van der Waals surface area (Å²) in [4.78, 5) is 3.92. The topological polar surface area (TPSA) is 75.4 Å². The number of aryl methyl sites for hydroxylation is 1. The van der Waals surface area contributed by atoms with Crippen LogP contribution in [0, 0.1) is 5.92 Å². The molecule has 2 unspecified atom stereocenters. The first-order valence-electron chi connectivity index (χ1n) is 7.24. The van der Waals surface area contributed by atoms with Gasteiger partial charge in [0.1, 0.15) is 5.15 Å². The Labute approximate surface area is 129 Å². The molecule has 1 saturated carbocycles. The van der Waals surface area contributed by atoms with Crippen LogP contribution in [0.3, 0.4) is 0 Å². The first-order chi connectivity index (χ1) is 9.84. The molecular formula is C13H20ClN3O3S. The van der Waals surface area contributed by atoms with Gasteiger partial charge in [-0.3, -0.25) is 0 Å². The molecule has 1 N–H and O–H groups in total. The van der Waals surface area contributed by atoms with Crippen molar-refractivity contribution in [3.05, 3.63) is 11.5 Å². The predicted octanol–water partition coefficient (Wildman–Crippen LogP) is 1.39. The Bertz CT molecular complexity index is 645. The molecule has 6 nitrogen and oxygen atoms in total. The zero-order valence-electron chi connectivity index (χ0n) is 12.0. The number of piperidine rings is 1. The standard InChI is InChI=1S/C13H20ClN3O3S/c1-16-9-15-12(11(16)14)21(19,20)17-7-6-13(18)5-3-2-4-10(13)8-17/h9-10,18H,2-8H2,1H3. The quantitative estimate of drug-likeness (QED) is 0.887. The van der Waals surface area contributed by atoms with E-state index in [-0.39, 0.29) is 16.1 Å². The fourth-order valence-corrected chi connectivity index (χ4v) is 5.32. The Kier molecular flexibility index (Phi) is 3.80. The van der Waals surface area contributed by atoms with E-state index >= 15 is 0 Å². The highest BCUT2D eigenvalue weighted by Crippen LogP contribution is 2.41. The summed E-state index contributed by atoms with van der Waals surface area (Å²) in [5.41, 5.74) is -0.696. The number of sulfonamides is 1. The van der Waals surface area contributed by atoms with Crippen molar-refractivity contribution in [1.82, 2.24) is 13.9 Å². The van der Waals surface area contributed by atoms with E-state index in [0.29, 0.717) is 19.5 Å². The van der Waals surface area contributed by atoms with Gasteiger partial charge < -0.3 is 9.67 Å². The summed E-state index contributed by atoms with van der Waals surface area (Å²) in [6.07, 6.45) is 5.60. The van der Waals surface area contributed by atoms with Crippen molar-refractivity contribution < 1.29 is 13.5 Å². The van der Waals surface area contributed by atoms with Crippen LogP contribution in [0.5, 0.6) is 0 Å². The first-order valence-corrected chi connectivity index (χ1v) is 9.06. The monoisotopic (exact) mass is 333 g/mol. The highest BCUT2D eigenvalue weighted by atomic mass is 35.5. The molecule has 21 heavy (non-hydrogen) atoms. The molecule has 2 heterocycles. The lowest BCUT2D eigenvalue weighted by atomic mass is 9.72. The van der Waals surface area contributed by atoms with Gasteiger partial charge in [0.05, 0.1) is 11.9 Å². The minimum atomic E-state index is -3.69. The zero-order valence-corrected chi connectivity index (χ0v) is 13.6. The largest absolute Gasteiger partial charge is 0.390 e. The van der Waals surface area contributed by atoms with Gasteiger partial charge in [-0.25, -0.2) is 13.4 Å². The van der Waals surface area contributed by atoms with Gasteiger partial charge in [-0.1, -0.05) is 24.4 Å². The van der Waals surface area contributed by atoms with Crippen molar-refractivity contribution in [3.8, 4) is 0 Å². The van der Waals surface area contributed by atoms with Crippen LogP contribution in [0.2, 0.25) is 5.15 Å². The second kappa shape index (κ2) is 5.22. The molecule has 1 aliphatic heterocycles. The van der Waals surface area contributed by atoms with E-state index in [4.69, 9.17) is 11.6 Å². The molecule has 8 heteroatoms. The molecule has 0 aromatic carbocycles. The number of imidazole rings is 1. The number of fused-ring (bicyclic) bond motifs is 1. The molecule has 2 atom stereocenters. The second-order valence-corrected chi connectivity index (χ2v) is 8.32. The van der Waals surface area contributed by atoms with Crippen molar-refractivity contribution in [2.45, 2.75) is 42.7 Å². The third-order valence-electron chi connectivity index (χ3n) is 4.81. The molecule has 0 radical (unpaired) electrons. The van der Waals surface area contributed by atoms with Crippen LogP contribution >= 0.6 is 11.6 Å². The zero-order chi connectivity index (χ0) is 15.3. The summed E-state index contributed by atoms with van der Waals surface area (Å²) < 4.78 is 28.3. The summed E-state index contributed by atoms with van der Waals surface area (Å²) in [6, 6.07) is 0. The van der Waals surface area contributed by atoms with Gasteiger partial charge in [0.2, 0.25) is 5.03 Å². The van der Waals surface area contributed by atoms with Crippen molar-refractivity contribution in [2.75, 3.05) is 13.1 Å². The van der Waals surface area contributed by atoms with Gasteiger partial charge in [0.25, 0.3) is 10.0 Å². The minimum Gasteiger partial charge on any atom is -0.390 e. The Balaban J connectivity index is 1.86. The molecule has 1 aromatic heterocycles. The van der Waals surface area contributed by atoms with E-state index in [1.165, 1.54) is 15.2 Å². The van der Waals surface area contributed by atoms with E-state index in [2.05, 4.69) is 4.98 Å². The van der Waals surface area contributed by atoms with Crippen LogP contribution < -0.4 is 0 Å². The Morgan fingerprint density at radius 2 is 2.19 bits per heavy atom. The molecule has 0 amide bonds. The van der Waals surface area contributed by atoms with Crippen LogP contribution in [0.4, 0.5) is 0 Å². The molecule has 3 rings (SSSR count). The number of rotatable bonds is 2. The summed E-state index contributed by atoms with van der Waals surface area (Å²) in [5.74, 6) is 0.0114. The highest BCUT2D eigenvalue weighted by Gasteiger charge is 2.46. The SMILES string of the molecule is Cn1cnc(S(=O)(=O)N2CCC3(O)CCCCC3C2)c1Cl. The van der Waals surface area contributed by atoms with Crippen LogP contribution in [0.1, 0.15) is 32.1 Å². The van der Waals surface area contributed by atoms with E-state index in [0.717, 1.165) is 25.7 Å². The maximum atomic E-state index is 12.7. The maximum absolute atomic E-state index is 12.7. The highest BCUT2D eigenvalue weighted by molar-refractivity contribution is 7.89.